The fraction of sp³-hybridized carbons (Fsp3) is 0.294. The summed E-state index contributed by atoms with van der Waals surface area (Å²) in [6, 6.07) is 16.0. The van der Waals surface area contributed by atoms with Gasteiger partial charge in [-0.3, -0.25) is 0 Å². The van der Waals surface area contributed by atoms with Gasteiger partial charge in [0.05, 0.1) is 6.61 Å². The summed E-state index contributed by atoms with van der Waals surface area (Å²) in [5, 5.41) is 3.35. The Bertz CT molecular complexity index is 526. The summed E-state index contributed by atoms with van der Waals surface area (Å²) in [5.41, 5.74) is 2.50. The van der Waals surface area contributed by atoms with Crippen molar-refractivity contribution in [1.29, 1.82) is 0 Å². The van der Waals surface area contributed by atoms with E-state index in [1.54, 1.807) is 7.11 Å². The van der Waals surface area contributed by atoms with Gasteiger partial charge in [-0.15, -0.1) is 0 Å². The van der Waals surface area contributed by atoms with Gasteiger partial charge in [-0.2, -0.15) is 0 Å². The highest BCUT2D eigenvalue weighted by Crippen LogP contribution is 2.23. The number of benzene rings is 2. The zero-order valence-electron chi connectivity index (χ0n) is 12.1. The van der Waals surface area contributed by atoms with Gasteiger partial charge >= 0.3 is 0 Å². The van der Waals surface area contributed by atoms with E-state index >= 15 is 0 Å². The van der Waals surface area contributed by atoms with E-state index in [2.05, 4.69) is 24.4 Å². The SMILES string of the molecule is COCCNCc1ccc(Oc2ccccc2)cc1C. The molecule has 20 heavy (non-hydrogen) atoms. The third-order valence-electron chi connectivity index (χ3n) is 3.09. The fourth-order valence-electron chi connectivity index (χ4n) is 1.95. The lowest BCUT2D eigenvalue weighted by Crippen LogP contribution is -2.19. The van der Waals surface area contributed by atoms with Crippen molar-refractivity contribution in [2.75, 3.05) is 20.3 Å². The predicted octanol–water partition coefficient (Wildman–Crippen LogP) is 3.52. The molecule has 0 amide bonds. The highest BCUT2D eigenvalue weighted by atomic mass is 16.5. The molecule has 0 radical (unpaired) electrons. The molecule has 2 rings (SSSR count). The number of para-hydroxylation sites is 1. The van der Waals surface area contributed by atoms with Crippen LogP contribution < -0.4 is 10.1 Å². The van der Waals surface area contributed by atoms with Crippen LogP contribution in [0, 0.1) is 6.92 Å². The van der Waals surface area contributed by atoms with Crippen LogP contribution in [0.4, 0.5) is 0 Å². The van der Waals surface area contributed by atoms with E-state index in [1.165, 1.54) is 11.1 Å². The van der Waals surface area contributed by atoms with Crippen molar-refractivity contribution in [2.45, 2.75) is 13.5 Å². The molecule has 106 valence electrons. The summed E-state index contributed by atoms with van der Waals surface area (Å²) in [7, 11) is 1.71. The number of aryl methyl sites for hydroxylation is 1. The molecule has 0 fully saturated rings. The van der Waals surface area contributed by atoms with Crippen LogP contribution in [-0.4, -0.2) is 20.3 Å². The minimum absolute atomic E-state index is 0.730. The summed E-state index contributed by atoms with van der Waals surface area (Å²) in [6.07, 6.45) is 0. The molecular weight excluding hydrogens is 250 g/mol. The van der Waals surface area contributed by atoms with Crippen molar-refractivity contribution in [1.82, 2.24) is 5.32 Å². The first-order valence-electron chi connectivity index (χ1n) is 6.81. The first-order chi connectivity index (χ1) is 9.79. The average Bonchev–Trinajstić information content (AvgIpc) is 2.46. The molecule has 0 aliphatic carbocycles. The normalized spacial score (nSPS) is 10.5. The van der Waals surface area contributed by atoms with E-state index in [0.29, 0.717) is 0 Å². The summed E-state index contributed by atoms with van der Waals surface area (Å²) >= 11 is 0. The minimum atomic E-state index is 0.730. The van der Waals surface area contributed by atoms with Crippen LogP contribution in [0.5, 0.6) is 11.5 Å². The maximum absolute atomic E-state index is 5.82. The second-order valence-corrected chi connectivity index (χ2v) is 4.67. The standard InChI is InChI=1S/C17H21NO2/c1-14-12-17(20-16-6-4-3-5-7-16)9-8-15(14)13-18-10-11-19-2/h3-9,12,18H,10-11,13H2,1-2H3. The Hall–Kier alpha value is -1.84. The zero-order chi connectivity index (χ0) is 14.2. The van der Waals surface area contributed by atoms with Crippen molar-refractivity contribution < 1.29 is 9.47 Å². The summed E-state index contributed by atoms with van der Waals surface area (Å²) in [6.45, 7) is 4.54. The molecule has 3 nitrogen and oxygen atoms in total. The Labute approximate surface area is 120 Å². The maximum atomic E-state index is 5.82. The number of nitrogens with one attached hydrogen (secondary N) is 1. The van der Waals surface area contributed by atoms with Crippen LogP contribution in [0.25, 0.3) is 0 Å². The summed E-state index contributed by atoms with van der Waals surface area (Å²) in [5.74, 6) is 1.73. The van der Waals surface area contributed by atoms with Crippen LogP contribution in [-0.2, 0) is 11.3 Å². The fourth-order valence-corrected chi connectivity index (χ4v) is 1.95. The zero-order valence-corrected chi connectivity index (χ0v) is 12.1. The Balaban J connectivity index is 1.95. The molecule has 0 atom stereocenters. The second-order valence-electron chi connectivity index (χ2n) is 4.67. The molecule has 3 heteroatoms. The van der Waals surface area contributed by atoms with Gasteiger partial charge < -0.3 is 14.8 Å². The third-order valence-corrected chi connectivity index (χ3v) is 3.09. The van der Waals surface area contributed by atoms with Gasteiger partial charge in [0.2, 0.25) is 0 Å². The molecule has 0 saturated heterocycles. The topological polar surface area (TPSA) is 30.5 Å². The van der Waals surface area contributed by atoms with Crippen LogP contribution in [0.3, 0.4) is 0 Å². The Morgan fingerprint density at radius 3 is 2.50 bits per heavy atom. The van der Waals surface area contributed by atoms with Crippen molar-refractivity contribution in [3.63, 3.8) is 0 Å². The Kier molecular flexibility index (Phi) is 5.59. The predicted molar refractivity (Wildman–Crippen MR) is 81.3 cm³/mol. The minimum Gasteiger partial charge on any atom is -0.457 e. The highest BCUT2D eigenvalue weighted by Gasteiger charge is 2.02. The number of hydrogen-bond donors (Lipinski definition) is 1. The first-order valence-corrected chi connectivity index (χ1v) is 6.81. The van der Waals surface area contributed by atoms with E-state index in [4.69, 9.17) is 9.47 Å². The molecule has 2 aromatic carbocycles. The number of ether oxygens (including phenoxy) is 2. The monoisotopic (exact) mass is 271 g/mol. The van der Waals surface area contributed by atoms with Gasteiger partial charge in [0.15, 0.2) is 0 Å². The molecular formula is C17H21NO2. The van der Waals surface area contributed by atoms with Gasteiger partial charge in [-0.05, 0) is 42.3 Å². The van der Waals surface area contributed by atoms with Gasteiger partial charge in [0, 0.05) is 20.2 Å². The molecule has 0 saturated carbocycles. The summed E-state index contributed by atoms with van der Waals surface area (Å²) in [4.78, 5) is 0. The third kappa shape index (κ3) is 4.37. The van der Waals surface area contributed by atoms with Gasteiger partial charge in [0.1, 0.15) is 11.5 Å². The van der Waals surface area contributed by atoms with Gasteiger partial charge in [-0.1, -0.05) is 24.3 Å². The molecule has 0 bridgehead atoms. The quantitative estimate of drug-likeness (QED) is 0.782. The second kappa shape index (κ2) is 7.68. The summed E-state index contributed by atoms with van der Waals surface area (Å²) < 4.78 is 10.8. The number of methoxy groups -OCH3 is 1. The molecule has 0 heterocycles. The maximum Gasteiger partial charge on any atom is 0.127 e. The van der Waals surface area contributed by atoms with E-state index in [0.717, 1.165) is 31.2 Å². The van der Waals surface area contributed by atoms with Gasteiger partial charge in [-0.25, -0.2) is 0 Å². The van der Waals surface area contributed by atoms with Crippen molar-refractivity contribution in [3.05, 3.63) is 59.7 Å². The van der Waals surface area contributed by atoms with E-state index < -0.39 is 0 Å². The highest BCUT2D eigenvalue weighted by molar-refractivity contribution is 5.37. The Morgan fingerprint density at radius 1 is 1.00 bits per heavy atom. The van der Waals surface area contributed by atoms with Crippen LogP contribution in [0.1, 0.15) is 11.1 Å². The number of hydrogen-bond acceptors (Lipinski definition) is 3. The molecule has 0 aliphatic heterocycles. The number of rotatable bonds is 7. The largest absolute Gasteiger partial charge is 0.457 e. The van der Waals surface area contributed by atoms with Crippen LogP contribution >= 0.6 is 0 Å². The van der Waals surface area contributed by atoms with Crippen molar-refractivity contribution >= 4 is 0 Å². The van der Waals surface area contributed by atoms with Crippen molar-refractivity contribution in [2.24, 2.45) is 0 Å². The van der Waals surface area contributed by atoms with Gasteiger partial charge in [0.25, 0.3) is 0 Å². The lowest BCUT2D eigenvalue weighted by Gasteiger charge is -2.10. The first kappa shape index (κ1) is 14.6. The molecule has 0 unspecified atom stereocenters. The lowest BCUT2D eigenvalue weighted by atomic mass is 10.1. The van der Waals surface area contributed by atoms with Crippen LogP contribution in [0.2, 0.25) is 0 Å². The van der Waals surface area contributed by atoms with Crippen LogP contribution in [0.15, 0.2) is 48.5 Å². The molecule has 2 aromatic rings. The molecule has 0 aliphatic rings. The molecule has 0 spiro atoms. The Morgan fingerprint density at radius 2 is 1.80 bits per heavy atom. The smallest absolute Gasteiger partial charge is 0.127 e. The average molecular weight is 271 g/mol. The van der Waals surface area contributed by atoms with E-state index in [1.807, 2.05) is 36.4 Å². The van der Waals surface area contributed by atoms with E-state index in [-0.39, 0.29) is 0 Å². The lowest BCUT2D eigenvalue weighted by molar-refractivity contribution is 0.199. The van der Waals surface area contributed by atoms with Crippen molar-refractivity contribution in [3.8, 4) is 11.5 Å². The molecule has 0 aromatic heterocycles. The molecule has 1 N–H and O–H groups in total. The van der Waals surface area contributed by atoms with E-state index in [9.17, 15) is 0 Å².